The van der Waals surface area contributed by atoms with Crippen LogP contribution in [-0.4, -0.2) is 24.2 Å². The Hall–Kier alpha value is -0.910. The van der Waals surface area contributed by atoms with Crippen LogP contribution in [0, 0.1) is 11.3 Å². The maximum absolute atomic E-state index is 12.7. The van der Waals surface area contributed by atoms with Gasteiger partial charge >= 0.3 is 0 Å². The lowest BCUT2D eigenvalue weighted by Crippen LogP contribution is -2.80. The van der Waals surface area contributed by atoms with E-state index in [9.17, 15) is 4.79 Å². The van der Waals surface area contributed by atoms with E-state index in [4.69, 9.17) is 10.5 Å². The molecule has 1 saturated heterocycles. The van der Waals surface area contributed by atoms with Crippen molar-refractivity contribution in [2.75, 3.05) is 6.61 Å². The molecule has 0 aromatic carbocycles. The number of ether oxygens (including phenoxy) is 1. The highest BCUT2D eigenvalue weighted by Crippen LogP contribution is 2.58. The van der Waals surface area contributed by atoms with Gasteiger partial charge in [0.05, 0.1) is 12.1 Å². The number of nitrogens with two attached hydrogens (primary N) is 1. The van der Waals surface area contributed by atoms with Crippen molar-refractivity contribution >= 4 is 17.2 Å². The number of thiophene rings is 1. The third-order valence-electron chi connectivity index (χ3n) is 5.22. The Morgan fingerprint density at radius 1 is 1.60 bits per heavy atom. The lowest BCUT2D eigenvalue weighted by Gasteiger charge is -2.60. The van der Waals surface area contributed by atoms with Gasteiger partial charge in [0.2, 0.25) is 5.91 Å². The Morgan fingerprint density at radius 2 is 2.35 bits per heavy atom. The predicted octanol–water partition coefficient (Wildman–Crippen LogP) is 2.07. The van der Waals surface area contributed by atoms with E-state index in [0.29, 0.717) is 6.61 Å². The van der Waals surface area contributed by atoms with E-state index in [-0.39, 0.29) is 29.4 Å². The molecule has 20 heavy (non-hydrogen) atoms. The molecule has 110 valence electrons. The molecule has 2 heterocycles. The highest BCUT2D eigenvalue weighted by Gasteiger charge is 2.71. The fourth-order valence-corrected chi connectivity index (χ4v) is 4.52. The summed E-state index contributed by atoms with van der Waals surface area (Å²) in [5.41, 5.74) is 6.52. The molecule has 1 aromatic heterocycles. The zero-order valence-electron chi connectivity index (χ0n) is 12.2. The van der Waals surface area contributed by atoms with E-state index >= 15 is 0 Å². The maximum atomic E-state index is 12.7. The first kappa shape index (κ1) is 14.0. The molecular weight excluding hydrogens is 272 g/mol. The number of rotatable bonds is 3. The summed E-state index contributed by atoms with van der Waals surface area (Å²) in [6.45, 7) is 6.78. The second kappa shape index (κ2) is 4.55. The van der Waals surface area contributed by atoms with Gasteiger partial charge in [-0.25, -0.2) is 0 Å². The Morgan fingerprint density at radius 3 is 3.00 bits per heavy atom. The van der Waals surface area contributed by atoms with Crippen LogP contribution in [0.1, 0.15) is 38.8 Å². The quantitative estimate of drug-likeness (QED) is 0.897. The SMILES string of the molecule is CC(NC(=O)C1(N)C2CCOC2C1(C)C)c1ccsc1. The van der Waals surface area contributed by atoms with Gasteiger partial charge < -0.3 is 15.8 Å². The van der Waals surface area contributed by atoms with Gasteiger partial charge in [-0.3, -0.25) is 4.79 Å². The molecule has 1 saturated carbocycles. The molecule has 1 aromatic rings. The molecule has 1 amide bonds. The summed E-state index contributed by atoms with van der Waals surface area (Å²) >= 11 is 1.63. The van der Waals surface area contributed by atoms with Crippen molar-refractivity contribution in [1.82, 2.24) is 5.32 Å². The van der Waals surface area contributed by atoms with Gasteiger partial charge in [0.15, 0.2) is 0 Å². The number of hydrogen-bond acceptors (Lipinski definition) is 4. The van der Waals surface area contributed by atoms with Gasteiger partial charge in [-0.15, -0.1) is 0 Å². The minimum atomic E-state index is -0.821. The Labute approximate surface area is 123 Å². The average Bonchev–Trinajstić information content (AvgIpc) is 3.07. The van der Waals surface area contributed by atoms with Crippen molar-refractivity contribution in [3.05, 3.63) is 22.4 Å². The first-order valence-corrected chi connectivity index (χ1v) is 8.07. The number of amides is 1. The molecule has 4 nitrogen and oxygen atoms in total. The molecule has 4 atom stereocenters. The van der Waals surface area contributed by atoms with Gasteiger partial charge in [0.25, 0.3) is 0 Å². The zero-order valence-corrected chi connectivity index (χ0v) is 13.0. The van der Waals surface area contributed by atoms with Crippen LogP contribution in [0.4, 0.5) is 0 Å². The molecule has 0 bridgehead atoms. The highest BCUT2D eigenvalue weighted by molar-refractivity contribution is 7.07. The molecule has 3 rings (SSSR count). The van der Waals surface area contributed by atoms with E-state index in [2.05, 4.69) is 10.7 Å². The fraction of sp³-hybridized carbons (Fsp3) is 0.667. The molecule has 0 radical (unpaired) electrons. The van der Waals surface area contributed by atoms with E-state index in [1.54, 1.807) is 11.3 Å². The minimum Gasteiger partial charge on any atom is -0.377 e. The Balaban J connectivity index is 1.77. The minimum absolute atomic E-state index is 0.00801. The van der Waals surface area contributed by atoms with Crippen molar-refractivity contribution < 1.29 is 9.53 Å². The number of hydrogen-bond donors (Lipinski definition) is 2. The summed E-state index contributed by atoms with van der Waals surface area (Å²) < 4.78 is 5.73. The number of nitrogens with one attached hydrogen (secondary N) is 1. The highest BCUT2D eigenvalue weighted by atomic mass is 32.1. The van der Waals surface area contributed by atoms with E-state index in [1.165, 1.54) is 0 Å². The van der Waals surface area contributed by atoms with Gasteiger partial charge in [0, 0.05) is 17.9 Å². The fourth-order valence-electron chi connectivity index (χ4n) is 3.77. The lowest BCUT2D eigenvalue weighted by molar-refractivity contribution is -0.175. The molecule has 5 heteroatoms. The van der Waals surface area contributed by atoms with Gasteiger partial charge in [-0.1, -0.05) is 13.8 Å². The van der Waals surface area contributed by atoms with Crippen molar-refractivity contribution in [2.24, 2.45) is 17.1 Å². The zero-order chi connectivity index (χ0) is 14.5. The summed E-state index contributed by atoms with van der Waals surface area (Å²) in [5, 5.41) is 7.16. The average molecular weight is 294 g/mol. The van der Waals surface area contributed by atoms with Crippen molar-refractivity contribution in [2.45, 2.75) is 44.9 Å². The summed E-state index contributed by atoms with van der Waals surface area (Å²) in [6, 6.07) is 2.03. The molecule has 2 fully saturated rings. The normalized spacial score (nSPS) is 36.0. The van der Waals surface area contributed by atoms with Crippen LogP contribution in [0.15, 0.2) is 16.8 Å². The monoisotopic (exact) mass is 294 g/mol. The molecule has 3 N–H and O–H groups in total. The molecule has 4 unspecified atom stereocenters. The lowest BCUT2D eigenvalue weighted by atomic mass is 9.48. The maximum Gasteiger partial charge on any atom is 0.241 e. The van der Waals surface area contributed by atoms with Crippen LogP contribution >= 0.6 is 11.3 Å². The summed E-state index contributed by atoms with van der Waals surface area (Å²) in [7, 11) is 0. The van der Waals surface area contributed by atoms with Crippen LogP contribution in [0.25, 0.3) is 0 Å². The standard InChI is InChI=1S/C15H22N2O2S/c1-9(10-5-7-20-8-10)17-13(18)15(16)11-4-6-19-12(11)14(15,2)3/h5,7-9,11-12H,4,6,16H2,1-3H3,(H,17,18). The van der Waals surface area contributed by atoms with Crippen LogP contribution in [0.2, 0.25) is 0 Å². The van der Waals surface area contributed by atoms with E-state index in [1.807, 2.05) is 32.2 Å². The van der Waals surface area contributed by atoms with Crippen LogP contribution < -0.4 is 11.1 Å². The summed E-state index contributed by atoms with van der Waals surface area (Å²) in [5.74, 6) is 0.0973. The smallest absolute Gasteiger partial charge is 0.241 e. The van der Waals surface area contributed by atoms with E-state index in [0.717, 1.165) is 12.0 Å². The van der Waals surface area contributed by atoms with Crippen LogP contribution in [-0.2, 0) is 9.53 Å². The topological polar surface area (TPSA) is 64.4 Å². The molecule has 1 aliphatic carbocycles. The number of carbonyl (C=O) groups is 1. The Kier molecular flexibility index (Phi) is 3.19. The summed E-state index contributed by atoms with van der Waals surface area (Å²) in [6.07, 6.45) is 1.000. The van der Waals surface area contributed by atoms with Crippen molar-refractivity contribution in [3.63, 3.8) is 0 Å². The van der Waals surface area contributed by atoms with E-state index < -0.39 is 5.54 Å². The van der Waals surface area contributed by atoms with Crippen molar-refractivity contribution in [1.29, 1.82) is 0 Å². The van der Waals surface area contributed by atoms with Gasteiger partial charge in [0.1, 0.15) is 5.54 Å². The first-order valence-electron chi connectivity index (χ1n) is 7.12. The van der Waals surface area contributed by atoms with Crippen molar-refractivity contribution in [3.8, 4) is 0 Å². The van der Waals surface area contributed by atoms with Crippen LogP contribution in [0.3, 0.4) is 0 Å². The van der Waals surface area contributed by atoms with Crippen LogP contribution in [0.5, 0.6) is 0 Å². The third-order valence-corrected chi connectivity index (χ3v) is 5.92. The molecular formula is C15H22N2O2S. The second-order valence-corrected chi connectivity index (χ2v) is 7.31. The molecule has 2 aliphatic rings. The first-order chi connectivity index (χ1) is 9.39. The second-order valence-electron chi connectivity index (χ2n) is 6.53. The third kappa shape index (κ3) is 1.70. The number of carbonyl (C=O) groups excluding carboxylic acids is 1. The predicted molar refractivity (Wildman–Crippen MR) is 79.4 cm³/mol. The van der Waals surface area contributed by atoms with Gasteiger partial charge in [-0.05, 0) is 35.7 Å². The molecule has 0 spiro atoms. The summed E-state index contributed by atoms with van der Waals surface area (Å²) in [4.78, 5) is 12.7. The van der Waals surface area contributed by atoms with Gasteiger partial charge in [-0.2, -0.15) is 11.3 Å². The largest absolute Gasteiger partial charge is 0.377 e. The molecule has 1 aliphatic heterocycles. The number of fused-ring (bicyclic) bond motifs is 1. The Bertz CT molecular complexity index is 514.